The molecule has 130 valence electrons. The van der Waals surface area contributed by atoms with Gasteiger partial charge in [-0.15, -0.1) is 0 Å². The van der Waals surface area contributed by atoms with Gasteiger partial charge in [0.1, 0.15) is 6.54 Å². The van der Waals surface area contributed by atoms with E-state index in [1.807, 2.05) is 13.0 Å². The van der Waals surface area contributed by atoms with Crippen molar-refractivity contribution in [2.24, 2.45) is 0 Å². The lowest BCUT2D eigenvalue weighted by Crippen LogP contribution is -2.37. The largest absolute Gasteiger partial charge is 0.325 e. The first-order valence-electron chi connectivity index (χ1n) is 7.60. The van der Waals surface area contributed by atoms with E-state index in [1.54, 1.807) is 48.5 Å². The number of rotatable bonds is 6. The summed E-state index contributed by atoms with van der Waals surface area (Å²) in [5.41, 5.74) is 2.83. The molecule has 25 heavy (non-hydrogen) atoms. The predicted octanol–water partition coefficient (Wildman–Crippen LogP) is 2.47. The van der Waals surface area contributed by atoms with E-state index in [2.05, 4.69) is 5.32 Å². The molecule has 0 unspecified atom stereocenters. The fraction of sp³-hybridized carbons (Fsp3) is 0.222. The Morgan fingerprint density at radius 3 is 2.24 bits per heavy atom. The maximum atomic E-state index is 12.3. The summed E-state index contributed by atoms with van der Waals surface area (Å²) >= 11 is 0. The number of amides is 1. The van der Waals surface area contributed by atoms with Crippen molar-refractivity contribution in [3.05, 3.63) is 59.7 Å². The van der Waals surface area contributed by atoms with Crippen molar-refractivity contribution in [1.82, 2.24) is 0 Å². The van der Waals surface area contributed by atoms with Gasteiger partial charge < -0.3 is 5.32 Å². The number of sulfonamides is 1. The maximum absolute atomic E-state index is 12.3. The number of nitriles is 1. The smallest absolute Gasteiger partial charge is 0.245 e. The van der Waals surface area contributed by atoms with Gasteiger partial charge in [-0.3, -0.25) is 9.10 Å². The van der Waals surface area contributed by atoms with Gasteiger partial charge in [0.2, 0.25) is 15.9 Å². The SMILES string of the molecule is Cc1ccc(N(CC(=O)Nc2ccc(CC#N)cc2)S(C)(=O)=O)cc1. The van der Waals surface area contributed by atoms with Gasteiger partial charge in [0.15, 0.2) is 0 Å². The molecular formula is C18H19N3O3S. The number of nitrogens with zero attached hydrogens (tertiary/aromatic N) is 2. The fourth-order valence-electron chi connectivity index (χ4n) is 2.24. The molecule has 6 nitrogen and oxygen atoms in total. The standard InChI is InChI=1S/C18H19N3O3S/c1-14-3-9-17(10-4-14)21(25(2,23)24)13-18(22)20-16-7-5-15(6-8-16)11-12-19/h3-10H,11,13H2,1-2H3,(H,20,22). The van der Waals surface area contributed by atoms with E-state index in [1.165, 1.54) is 0 Å². The molecule has 2 aromatic carbocycles. The Morgan fingerprint density at radius 1 is 1.12 bits per heavy atom. The molecule has 1 amide bonds. The van der Waals surface area contributed by atoms with Crippen molar-refractivity contribution in [3.8, 4) is 6.07 Å². The van der Waals surface area contributed by atoms with Crippen LogP contribution in [0, 0.1) is 18.3 Å². The highest BCUT2D eigenvalue weighted by atomic mass is 32.2. The van der Waals surface area contributed by atoms with Crippen molar-refractivity contribution in [1.29, 1.82) is 5.26 Å². The van der Waals surface area contributed by atoms with Crippen molar-refractivity contribution in [2.75, 3.05) is 22.4 Å². The van der Waals surface area contributed by atoms with Crippen molar-refractivity contribution in [3.63, 3.8) is 0 Å². The molecule has 7 heteroatoms. The van der Waals surface area contributed by atoms with Gasteiger partial charge in [0, 0.05) is 5.69 Å². The zero-order chi connectivity index (χ0) is 18.4. The lowest BCUT2D eigenvalue weighted by molar-refractivity contribution is -0.114. The second kappa shape index (κ2) is 7.81. The molecule has 0 saturated heterocycles. The van der Waals surface area contributed by atoms with Crippen LogP contribution in [0.4, 0.5) is 11.4 Å². The van der Waals surface area contributed by atoms with Gasteiger partial charge in [-0.2, -0.15) is 5.26 Å². The highest BCUT2D eigenvalue weighted by Crippen LogP contribution is 2.18. The van der Waals surface area contributed by atoms with Gasteiger partial charge in [-0.1, -0.05) is 29.8 Å². The quantitative estimate of drug-likeness (QED) is 0.860. The minimum atomic E-state index is -3.60. The van der Waals surface area contributed by atoms with Crippen LogP contribution in [0.1, 0.15) is 11.1 Å². The molecule has 0 radical (unpaired) electrons. The molecule has 0 aliphatic rings. The van der Waals surface area contributed by atoms with E-state index in [4.69, 9.17) is 5.26 Å². The van der Waals surface area contributed by atoms with Crippen molar-refractivity contribution >= 4 is 27.3 Å². The van der Waals surface area contributed by atoms with E-state index in [-0.39, 0.29) is 6.54 Å². The Bertz CT molecular complexity index is 883. The molecular weight excluding hydrogens is 338 g/mol. The molecule has 0 aromatic heterocycles. The van der Waals surface area contributed by atoms with Crippen molar-refractivity contribution in [2.45, 2.75) is 13.3 Å². The van der Waals surface area contributed by atoms with Crippen LogP contribution in [-0.4, -0.2) is 27.1 Å². The summed E-state index contributed by atoms with van der Waals surface area (Å²) in [4.78, 5) is 12.3. The lowest BCUT2D eigenvalue weighted by atomic mass is 10.1. The molecule has 0 saturated carbocycles. The molecule has 0 atom stereocenters. The van der Waals surface area contributed by atoms with Crippen LogP contribution in [0.15, 0.2) is 48.5 Å². The zero-order valence-electron chi connectivity index (χ0n) is 14.1. The average Bonchev–Trinajstić information content (AvgIpc) is 2.55. The first kappa shape index (κ1) is 18.5. The number of hydrogen-bond donors (Lipinski definition) is 1. The van der Waals surface area contributed by atoms with Gasteiger partial charge in [0.05, 0.1) is 24.4 Å². The summed E-state index contributed by atoms with van der Waals surface area (Å²) in [6.07, 6.45) is 1.36. The van der Waals surface area contributed by atoms with Crippen LogP contribution in [0.2, 0.25) is 0 Å². The number of anilines is 2. The fourth-order valence-corrected chi connectivity index (χ4v) is 3.10. The van der Waals surface area contributed by atoms with Crippen LogP contribution in [0.5, 0.6) is 0 Å². The minimum Gasteiger partial charge on any atom is -0.325 e. The highest BCUT2D eigenvalue weighted by molar-refractivity contribution is 7.92. The number of carbonyl (C=O) groups is 1. The number of nitrogens with one attached hydrogen (secondary N) is 1. The average molecular weight is 357 g/mol. The number of carbonyl (C=O) groups excluding carboxylic acids is 1. The number of aryl methyl sites for hydroxylation is 1. The van der Waals surface area contributed by atoms with E-state index < -0.39 is 15.9 Å². The van der Waals surface area contributed by atoms with Gasteiger partial charge in [0.25, 0.3) is 0 Å². The molecule has 0 aliphatic carbocycles. The Morgan fingerprint density at radius 2 is 1.72 bits per heavy atom. The molecule has 2 aromatic rings. The normalized spacial score (nSPS) is 10.8. The van der Waals surface area contributed by atoms with Gasteiger partial charge >= 0.3 is 0 Å². The first-order chi connectivity index (χ1) is 11.8. The van der Waals surface area contributed by atoms with E-state index >= 15 is 0 Å². The monoisotopic (exact) mass is 357 g/mol. The topological polar surface area (TPSA) is 90.3 Å². The zero-order valence-corrected chi connectivity index (χ0v) is 14.9. The third-order valence-electron chi connectivity index (χ3n) is 3.53. The maximum Gasteiger partial charge on any atom is 0.245 e. The molecule has 0 heterocycles. The number of benzene rings is 2. The summed E-state index contributed by atoms with van der Waals surface area (Å²) in [6, 6.07) is 15.8. The Balaban J connectivity index is 2.12. The van der Waals surface area contributed by atoms with Gasteiger partial charge in [-0.05, 0) is 36.8 Å². The summed E-state index contributed by atoms with van der Waals surface area (Å²) in [5, 5.41) is 11.3. The molecule has 0 fully saturated rings. The molecule has 1 N–H and O–H groups in total. The molecule has 0 spiro atoms. The third kappa shape index (κ3) is 5.33. The Hall–Kier alpha value is -2.85. The Kier molecular flexibility index (Phi) is 5.78. The van der Waals surface area contributed by atoms with Crippen LogP contribution >= 0.6 is 0 Å². The minimum absolute atomic E-state index is 0.295. The summed E-state index contributed by atoms with van der Waals surface area (Å²) in [5.74, 6) is -0.445. The molecule has 2 rings (SSSR count). The summed E-state index contributed by atoms with van der Waals surface area (Å²) in [6.45, 7) is 1.58. The predicted molar refractivity (Wildman–Crippen MR) is 97.8 cm³/mol. The Labute approximate surface area is 147 Å². The van der Waals surface area contributed by atoms with Gasteiger partial charge in [-0.25, -0.2) is 8.42 Å². The van der Waals surface area contributed by atoms with Crippen LogP contribution in [-0.2, 0) is 21.2 Å². The second-order valence-corrected chi connectivity index (χ2v) is 7.59. The highest BCUT2D eigenvalue weighted by Gasteiger charge is 2.20. The van der Waals surface area contributed by atoms with E-state index in [9.17, 15) is 13.2 Å². The lowest BCUT2D eigenvalue weighted by Gasteiger charge is -2.22. The summed E-state index contributed by atoms with van der Waals surface area (Å²) in [7, 11) is -3.60. The van der Waals surface area contributed by atoms with Crippen LogP contribution in [0.25, 0.3) is 0 Å². The molecule has 0 aliphatic heterocycles. The first-order valence-corrected chi connectivity index (χ1v) is 9.44. The van der Waals surface area contributed by atoms with E-state index in [0.29, 0.717) is 17.8 Å². The van der Waals surface area contributed by atoms with Crippen molar-refractivity contribution < 1.29 is 13.2 Å². The third-order valence-corrected chi connectivity index (χ3v) is 4.67. The van der Waals surface area contributed by atoms with Crippen LogP contribution < -0.4 is 9.62 Å². The second-order valence-electron chi connectivity index (χ2n) is 5.69. The number of hydrogen-bond acceptors (Lipinski definition) is 4. The van der Waals surface area contributed by atoms with E-state index in [0.717, 1.165) is 21.7 Å². The molecule has 0 bridgehead atoms. The summed E-state index contributed by atoms with van der Waals surface area (Å²) < 4.78 is 25.1. The van der Waals surface area contributed by atoms with Crippen LogP contribution in [0.3, 0.4) is 0 Å².